The first-order valence-corrected chi connectivity index (χ1v) is 13.2. The quantitative estimate of drug-likeness (QED) is 0.578. The Balaban J connectivity index is 1.20. The van der Waals surface area contributed by atoms with Gasteiger partial charge >= 0.3 is 0 Å². The molecule has 1 aromatic heterocycles. The van der Waals surface area contributed by atoms with Crippen LogP contribution in [0.15, 0.2) is 54.7 Å². The van der Waals surface area contributed by atoms with Gasteiger partial charge in [-0.2, -0.15) is 0 Å². The number of aliphatic hydroxyl groups excluding tert-OH is 1. The number of nitrogens with one attached hydrogen (secondary N) is 1. The van der Waals surface area contributed by atoms with Crippen molar-refractivity contribution in [2.24, 2.45) is 0 Å². The number of benzene rings is 2. The number of fused-ring (bicyclic) bond motifs is 1. The van der Waals surface area contributed by atoms with Crippen molar-refractivity contribution < 1.29 is 13.5 Å². The minimum atomic E-state index is -3.28. The van der Waals surface area contributed by atoms with Crippen LogP contribution in [-0.4, -0.2) is 58.9 Å². The third kappa shape index (κ3) is 4.95. The largest absolute Gasteiger partial charge is 0.390 e. The van der Waals surface area contributed by atoms with Gasteiger partial charge in [-0.05, 0) is 60.7 Å². The number of hydrogen-bond donors (Lipinski definition) is 2. The molecule has 5 rings (SSSR count). The first-order valence-electron chi connectivity index (χ1n) is 11.3. The summed E-state index contributed by atoms with van der Waals surface area (Å²) in [5.41, 5.74) is 4.98. The summed E-state index contributed by atoms with van der Waals surface area (Å²) < 4.78 is 27.4. The van der Waals surface area contributed by atoms with E-state index in [9.17, 15) is 13.5 Å². The predicted molar refractivity (Wildman–Crippen MR) is 126 cm³/mol. The zero-order valence-corrected chi connectivity index (χ0v) is 19.4. The molecule has 9 heteroatoms. The molecule has 1 fully saturated rings. The van der Waals surface area contributed by atoms with Crippen LogP contribution in [-0.2, 0) is 23.0 Å². The third-order valence-electron chi connectivity index (χ3n) is 6.64. The summed E-state index contributed by atoms with van der Waals surface area (Å²) in [6.07, 6.45) is 5.30. The van der Waals surface area contributed by atoms with Crippen molar-refractivity contribution in [3.8, 4) is 0 Å². The second-order valence-corrected chi connectivity index (χ2v) is 10.9. The van der Waals surface area contributed by atoms with E-state index < -0.39 is 16.1 Å². The van der Waals surface area contributed by atoms with Crippen molar-refractivity contribution in [2.75, 3.05) is 24.1 Å². The second kappa shape index (κ2) is 8.89. The van der Waals surface area contributed by atoms with Gasteiger partial charge in [0.1, 0.15) is 6.04 Å². The van der Waals surface area contributed by atoms with E-state index in [4.69, 9.17) is 0 Å². The van der Waals surface area contributed by atoms with Gasteiger partial charge < -0.3 is 5.11 Å². The molecule has 0 radical (unpaired) electrons. The highest BCUT2D eigenvalue weighted by Gasteiger charge is 2.33. The highest BCUT2D eigenvalue weighted by atomic mass is 32.2. The Bertz CT molecular complexity index is 1230. The first kappa shape index (κ1) is 22.1. The molecular formula is C24H29N5O3S. The SMILES string of the molecule is CS(=O)(=O)Nc1cccc(C2CCN(Cc3cn([C@@H]4c5ccccc5C[C@H]4O)nn3)CC2)c1. The van der Waals surface area contributed by atoms with Crippen LogP contribution >= 0.6 is 0 Å². The molecule has 1 aliphatic heterocycles. The predicted octanol–water partition coefficient (Wildman–Crippen LogP) is 2.54. The van der Waals surface area contributed by atoms with Gasteiger partial charge in [0, 0.05) is 18.7 Å². The Morgan fingerprint density at radius 3 is 2.70 bits per heavy atom. The van der Waals surface area contributed by atoms with Gasteiger partial charge in [0.05, 0.1) is 24.3 Å². The molecule has 0 bridgehead atoms. The standard InChI is InChI=1S/C24H29N5O3S/c1-33(31,32)26-20-7-4-6-18(13-20)17-9-11-28(12-10-17)15-21-16-29(27-25-21)24-22-8-3-2-5-19(22)14-23(24)30/h2-8,13,16-17,23-24,26,30H,9-12,14-15H2,1H3/t23-,24-/m1/s1. The number of aromatic nitrogens is 3. The van der Waals surface area contributed by atoms with Crippen LogP contribution in [0.3, 0.4) is 0 Å². The highest BCUT2D eigenvalue weighted by molar-refractivity contribution is 7.92. The Labute approximate surface area is 194 Å². The normalized spacial score (nSPS) is 21.8. The van der Waals surface area contributed by atoms with E-state index in [1.54, 1.807) is 10.7 Å². The van der Waals surface area contributed by atoms with Crippen LogP contribution < -0.4 is 4.72 Å². The maximum Gasteiger partial charge on any atom is 0.229 e. The van der Waals surface area contributed by atoms with Crippen molar-refractivity contribution in [1.82, 2.24) is 19.9 Å². The number of piperidine rings is 1. The van der Waals surface area contributed by atoms with E-state index in [0.29, 0.717) is 18.0 Å². The van der Waals surface area contributed by atoms with Crippen LogP contribution in [0.4, 0.5) is 5.69 Å². The van der Waals surface area contributed by atoms with Gasteiger partial charge in [0.2, 0.25) is 10.0 Å². The molecule has 2 N–H and O–H groups in total. The Morgan fingerprint density at radius 1 is 1.12 bits per heavy atom. The number of nitrogens with zero attached hydrogens (tertiary/aromatic N) is 4. The van der Waals surface area contributed by atoms with Crippen molar-refractivity contribution in [1.29, 1.82) is 0 Å². The lowest BCUT2D eigenvalue weighted by molar-refractivity contribution is 0.137. The molecule has 1 saturated heterocycles. The lowest BCUT2D eigenvalue weighted by Crippen LogP contribution is -2.32. The van der Waals surface area contributed by atoms with Gasteiger partial charge in [0.25, 0.3) is 0 Å². The van der Waals surface area contributed by atoms with Crippen LogP contribution in [0.5, 0.6) is 0 Å². The van der Waals surface area contributed by atoms with Crippen molar-refractivity contribution in [2.45, 2.75) is 43.9 Å². The first-order chi connectivity index (χ1) is 15.9. The van der Waals surface area contributed by atoms with E-state index in [-0.39, 0.29) is 6.04 Å². The molecule has 2 aliphatic rings. The van der Waals surface area contributed by atoms with Crippen molar-refractivity contribution in [3.05, 3.63) is 77.1 Å². The van der Waals surface area contributed by atoms with E-state index in [1.807, 2.05) is 30.5 Å². The topological polar surface area (TPSA) is 100 Å². The zero-order chi connectivity index (χ0) is 23.0. The molecule has 174 valence electrons. The number of sulfonamides is 1. The average Bonchev–Trinajstić information content (AvgIpc) is 3.36. The van der Waals surface area contributed by atoms with E-state index in [1.165, 1.54) is 17.4 Å². The molecule has 33 heavy (non-hydrogen) atoms. The number of anilines is 1. The van der Waals surface area contributed by atoms with Crippen LogP contribution in [0, 0.1) is 0 Å². The fourth-order valence-corrected chi connectivity index (χ4v) is 5.67. The maximum atomic E-state index is 11.5. The molecule has 8 nitrogen and oxygen atoms in total. The number of likely N-dealkylation sites (tertiary alicyclic amines) is 1. The average molecular weight is 468 g/mol. The van der Waals surface area contributed by atoms with Gasteiger partial charge in [-0.1, -0.05) is 41.6 Å². The molecule has 0 amide bonds. The fraction of sp³-hybridized carbons (Fsp3) is 0.417. The number of rotatable bonds is 6. The van der Waals surface area contributed by atoms with Crippen LogP contribution in [0.2, 0.25) is 0 Å². The number of hydrogen-bond acceptors (Lipinski definition) is 6. The monoisotopic (exact) mass is 467 g/mol. The summed E-state index contributed by atoms with van der Waals surface area (Å²) in [6.45, 7) is 2.61. The molecule has 0 unspecified atom stereocenters. The van der Waals surface area contributed by atoms with Gasteiger partial charge in [-0.25, -0.2) is 13.1 Å². The smallest absolute Gasteiger partial charge is 0.229 e. The molecule has 2 heterocycles. The van der Waals surface area contributed by atoms with Gasteiger partial charge in [-0.3, -0.25) is 9.62 Å². The molecular weight excluding hydrogens is 438 g/mol. The van der Waals surface area contributed by atoms with Crippen molar-refractivity contribution >= 4 is 15.7 Å². The van der Waals surface area contributed by atoms with Crippen LogP contribution in [0.1, 0.15) is 47.2 Å². The molecule has 2 aromatic carbocycles. The molecule has 1 aliphatic carbocycles. The van der Waals surface area contributed by atoms with Gasteiger partial charge in [0.15, 0.2) is 0 Å². The highest BCUT2D eigenvalue weighted by Crippen LogP contribution is 2.34. The second-order valence-electron chi connectivity index (χ2n) is 9.16. The third-order valence-corrected chi connectivity index (χ3v) is 7.25. The van der Waals surface area contributed by atoms with E-state index in [2.05, 4.69) is 38.1 Å². The molecule has 0 spiro atoms. The summed E-state index contributed by atoms with van der Waals surface area (Å²) >= 11 is 0. The lowest BCUT2D eigenvalue weighted by Gasteiger charge is -2.31. The Morgan fingerprint density at radius 2 is 1.91 bits per heavy atom. The summed E-state index contributed by atoms with van der Waals surface area (Å²) in [6, 6.07) is 15.6. The Kier molecular flexibility index (Phi) is 5.94. The minimum Gasteiger partial charge on any atom is -0.390 e. The summed E-state index contributed by atoms with van der Waals surface area (Å²) in [7, 11) is -3.28. The van der Waals surface area contributed by atoms with E-state index >= 15 is 0 Å². The summed E-state index contributed by atoms with van der Waals surface area (Å²) in [5, 5.41) is 19.3. The molecule has 2 atom stereocenters. The van der Waals surface area contributed by atoms with Gasteiger partial charge in [-0.15, -0.1) is 5.10 Å². The summed E-state index contributed by atoms with van der Waals surface area (Å²) in [4.78, 5) is 2.38. The molecule has 0 saturated carbocycles. The zero-order valence-electron chi connectivity index (χ0n) is 18.6. The lowest BCUT2D eigenvalue weighted by atomic mass is 9.89. The molecule has 3 aromatic rings. The Hall–Kier alpha value is -2.75. The van der Waals surface area contributed by atoms with Crippen molar-refractivity contribution in [3.63, 3.8) is 0 Å². The maximum absolute atomic E-state index is 11.5. The number of aliphatic hydroxyl groups is 1. The van der Waals surface area contributed by atoms with E-state index in [0.717, 1.165) is 43.7 Å². The fourth-order valence-electron chi connectivity index (χ4n) is 5.12. The van der Waals surface area contributed by atoms with Crippen LogP contribution in [0.25, 0.3) is 0 Å². The summed E-state index contributed by atoms with van der Waals surface area (Å²) in [5.74, 6) is 0.406. The minimum absolute atomic E-state index is 0.180.